The molecule has 3 nitrogen and oxygen atoms in total. The van der Waals surface area contributed by atoms with Gasteiger partial charge in [-0.15, -0.1) is 11.3 Å². The van der Waals surface area contributed by atoms with Crippen molar-refractivity contribution in [2.75, 3.05) is 0 Å². The molecule has 0 fully saturated rings. The van der Waals surface area contributed by atoms with Crippen molar-refractivity contribution in [3.8, 4) is 0 Å². The Kier molecular flexibility index (Phi) is 4.91. The molecule has 0 spiro atoms. The Morgan fingerprint density at radius 3 is 2.47 bits per heavy atom. The first-order valence-electron chi connectivity index (χ1n) is 5.27. The number of nitrogens with two attached hydrogens (primary N) is 1. The number of thiazole rings is 1. The predicted molar refractivity (Wildman–Crippen MR) is 61.7 cm³/mol. The number of aromatic nitrogens is 1. The van der Waals surface area contributed by atoms with Crippen LogP contribution in [0.25, 0.3) is 0 Å². The Hall–Kier alpha value is -0.660. The minimum Gasteiger partial charge on any atom is -0.271 e. The normalized spacial score (nSPS) is 14.0. The fourth-order valence-corrected chi connectivity index (χ4v) is 2.43. The van der Waals surface area contributed by atoms with Gasteiger partial charge in [0.05, 0.1) is 10.7 Å². The zero-order chi connectivity index (χ0) is 13.1. The smallest absolute Gasteiger partial charge is 0.271 e. The summed E-state index contributed by atoms with van der Waals surface area (Å²) in [6, 6.07) is -0.387. The fourth-order valence-electron chi connectivity index (χ4n) is 1.42. The van der Waals surface area contributed by atoms with Crippen LogP contribution in [0.3, 0.4) is 0 Å². The zero-order valence-corrected chi connectivity index (χ0v) is 10.6. The van der Waals surface area contributed by atoms with Gasteiger partial charge in [-0.25, -0.2) is 4.98 Å². The summed E-state index contributed by atoms with van der Waals surface area (Å²) < 4.78 is 36.2. The van der Waals surface area contributed by atoms with Gasteiger partial charge in [0, 0.05) is 23.8 Å². The van der Waals surface area contributed by atoms with Crippen molar-refractivity contribution in [1.82, 2.24) is 10.4 Å². The number of hydrogen-bond donors (Lipinski definition) is 2. The van der Waals surface area contributed by atoms with Gasteiger partial charge in [-0.05, 0) is 20.3 Å². The van der Waals surface area contributed by atoms with Gasteiger partial charge in [-0.3, -0.25) is 11.3 Å². The van der Waals surface area contributed by atoms with E-state index in [0.29, 0.717) is 6.42 Å². The highest BCUT2D eigenvalue weighted by molar-refractivity contribution is 7.11. The SMILES string of the molecule is Cc1nc(CC(CCC(F)(F)F)NN)sc1C. The van der Waals surface area contributed by atoms with Gasteiger partial charge in [-0.2, -0.15) is 13.2 Å². The molecule has 0 aliphatic rings. The van der Waals surface area contributed by atoms with E-state index in [1.807, 2.05) is 13.8 Å². The largest absolute Gasteiger partial charge is 0.389 e. The highest BCUT2D eigenvalue weighted by atomic mass is 32.1. The molecular formula is C10H16F3N3S. The van der Waals surface area contributed by atoms with Crippen LogP contribution in [0.5, 0.6) is 0 Å². The molecule has 1 heterocycles. The maximum absolute atomic E-state index is 12.1. The van der Waals surface area contributed by atoms with E-state index in [-0.39, 0.29) is 12.5 Å². The number of aryl methyl sites for hydroxylation is 2. The fraction of sp³-hybridized carbons (Fsp3) is 0.700. The summed E-state index contributed by atoms with van der Waals surface area (Å²) in [4.78, 5) is 5.37. The number of halogens is 3. The van der Waals surface area contributed by atoms with Gasteiger partial charge in [0.15, 0.2) is 0 Å². The van der Waals surface area contributed by atoms with Gasteiger partial charge in [0.1, 0.15) is 0 Å². The monoisotopic (exact) mass is 267 g/mol. The van der Waals surface area contributed by atoms with Crippen LogP contribution in [0.15, 0.2) is 0 Å². The molecule has 1 unspecified atom stereocenters. The van der Waals surface area contributed by atoms with Crippen LogP contribution >= 0.6 is 11.3 Å². The van der Waals surface area contributed by atoms with Crippen molar-refractivity contribution >= 4 is 11.3 Å². The third-order valence-electron chi connectivity index (χ3n) is 2.51. The summed E-state index contributed by atoms with van der Waals surface area (Å²) in [5, 5.41) is 0.824. The highest BCUT2D eigenvalue weighted by Gasteiger charge is 2.28. The van der Waals surface area contributed by atoms with E-state index in [1.165, 1.54) is 11.3 Å². The van der Waals surface area contributed by atoms with Crippen LogP contribution in [0.2, 0.25) is 0 Å². The summed E-state index contributed by atoms with van der Waals surface area (Å²) in [5.74, 6) is 5.25. The molecule has 0 aliphatic carbocycles. The summed E-state index contributed by atoms with van der Waals surface area (Å²) in [6.07, 6.45) is -4.56. The van der Waals surface area contributed by atoms with Gasteiger partial charge >= 0.3 is 6.18 Å². The quantitative estimate of drug-likeness (QED) is 0.636. The Balaban J connectivity index is 2.52. The lowest BCUT2D eigenvalue weighted by atomic mass is 10.1. The molecule has 98 valence electrons. The molecule has 0 aromatic carbocycles. The lowest BCUT2D eigenvalue weighted by molar-refractivity contribution is -0.136. The van der Waals surface area contributed by atoms with Gasteiger partial charge in [0.2, 0.25) is 0 Å². The van der Waals surface area contributed by atoms with Crippen molar-refractivity contribution < 1.29 is 13.2 Å². The Labute approximate surface area is 102 Å². The molecule has 1 aromatic rings. The first-order chi connectivity index (χ1) is 7.81. The average Bonchev–Trinajstić information content (AvgIpc) is 2.51. The molecule has 17 heavy (non-hydrogen) atoms. The second-order valence-electron chi connectivity index (χ2n) is 3.97. The number of hydrogen-bond acceptors (Lipinski definition) is 4. The average molecular weight is 267 g/mol. The number of nitrogens with one attached hydrogen (secondary N) is 1. The molecule has 3 N–H and O–H groups in total. The molecular weight excluding hydrogens is 251 g/mol. The van der Waals surface area contributed by atoms with E-state index in [9.17, 15) is 13.2 Å². The summed E-state index contributed by atoms with van der Waals surface area (Å²) in [7, 11) is 0. The van der Waals surface area contributed by atoms with Crippen LogP contribution in [0.1, 0.15) is 28.4 Å². The minimum absolute atomic E-state index is 0.0301. The van der Waals surface area contributed by atoms with E-state index in [2.05, 4.69) is 10.4 Å². The van der Waals surface area contributed by atoms with Crippen LogP contribution in [0.4, 0.5) is 13.2 Å². The highest BCUT2D eigenvalue weighted by Crippen LogP contribution is 2.24. The van der Waals surface area contributed by atoms with E-state index < -0.39 is 12.6 Å². The minimum atomic E-state index is -4.14. The third-order valence-corrected chi connectivity index (χ3v) is 3.60. The molecule has 7 heteroatoms. The van der Waals surface area contributed by atoms with Gasteiger partial charge in [-0.1, -0.05) is 0 Å². The van der Waals surface area contributed by atoms with Gasteiger partial charge < -0.3 is 0 Å². The van der Waals surface area contributed by atoms with Crippen molar-refractivity contribution in [3.63, 3.8) is 0 Å². The van der Waals surface area contributed by atoms with Crippen LogP contribution in [-0.2, 0) is 6.42 Å². The van der Waals surface area contributed by atoms with Crippen LogP contribution < -0.4 is 11.3 Å². The lowest BCUT2D eigenvalue weighted by Gasteiger charge is -2.15. The van der Waals surface area contributed by atoms with Crippen molar-refractivity contribution in [3.05, 3.63) is 15.6 Å². The Morgan fingerprint density at radius 2 is 2.06 bits per heavy atom. The van der Waals surface area contributed by atoms with Gasteiger partial charge in [0.25, 0.3) is 0 Å². The number of hydrazine groups is 1. The topological polar surface area (TPSA) is 50.9 Å². The van der Waals surface area contributed by atoms with Crippen molar-refractivity contribution in [2.45, 2.75) is 45.3 Å². The maximum Gasteiger partial charge on any atom is 0.389 e. The standard InChI is InChI=1S/C10H16F3N3S/c1-6-7(2)17-9(15-6)5-8(16-14)3-4-10(11,12)13/h8,16H,3-5,14H2,1-2H3. The second kappa shape index (κ2) is 5.79. The molecule has 0 radical (unpaired) electrons. The second-order valence-corrected chi connectivity index (χ2v) is 5.26. The summed E-state index contributed by atoms with van der Waals surface area (Å²) in [6.45, 7) is 3.83. The van der Waals surface area contributed by atoms with Crippen LogP contribution in [-0.4, -0.2) is 17.2 Å². The molecule has 0 amide bonds. The van der Waals surface area contributed by atoms with E-state index >= 15 is 0 Å². The zero-order valence-electron chi connectivity index (χ0n) is 9.77. The van der Waals surface area contributed by atoms with E-state index in [4.69, 9.17) is 5.84 Å². The molecule has 1 aromatic heterocycles. The van der Waals surface area contributed by atoms with Crippen molar-refractivity contribution in [1.29, 1.82) is 0 Å². The molecule has 0 saturated carbocycles. The molecule has 0 bridgehead atoms. The van der Waals surface area contributed by atoms with Crippen molar-refractivity contribution in [2.24, 2.45) is 5.84 Å². The third kappa shape index (κ3) is 5.01. The predicted octanol–water partition coefficient (Wildman–Crippen LogP) is 2.48. The molecule has 0 aliphatic heterocycles. The maximum atomic E-state index is 12.1. The molecule has 0 saturated heterocycles. The summed E-state index contributed by atoms with van der Waals surface area (Å²) in [5.41, 5.74) is 3.35. The Morgan fingerprint density at radius 1 is 1.41 bits per heavy atom. The summed E-state index contributed by atoms with van der Waals surface area (Å²) >= 11 is 1.50. The van der Waals surface area contributed by atoms with Crippen LogP contribution in [0, 0.1) is 13.8 Å². The van der Waals surface area contributed by atoms with E-state index in [0.717, 1.165) is 15.6 Å². The lowest BCUT2D eigenvalue weighted by Crippen LogP contribution is -2.37. The number of rotatable bonds is 5. The first-order valence-corrected chi connectivity index (χ1v) is 6.09. The Bertz CT molecular complexity index is 343. The number of nitrogens with zero attached hydrogens (tertiary/aromatic N) is 1. The molecule has 1 atom stereocenters. The number of alkyl halides is 3. The van der Waals surface area contributed by atoms with E-state index in [1.54, 1.807) is 0 Å². The molecule has 1 rings (SSSR count). The first kappa shape index (κ1) is 14.4.